The van der Waals surface area contributed by atoms with Gasteiger partial charge in [0.2, 0.25) is 17.8 Å². The second-order valence-corrected chi connectivity index (χ2v) is 7.52. The summed E-state index contributed by atoms with van der Waals surface area (Å²) in [7, 11) is 0. The van der Waals surface area contributed by atoms with Crippen LogP contribution in [-0.4, -0.2) is 21.8 Å². The van der Waals surface area contributed by atoms with Gasteiger partial charge in [0.05, 0.1) is 5.69 Å². The molecule has 1 aromatic heterocycles. The Morgan fingerprint density at radius 2 is 1.61 bits per heavy atom. The second-order valence-electron chi connectivity index (χ2n) is 7.52. The average molecular weight is 438 g/mol. The van der Waals surface area contributed by atoms with Crippen molar-refractivity contribution in [2.75, 3.05) is 10.6 Å². The molecule has 4 N–H and O–H groups in total. The number of amides is 2. The molecule has 0 fully saturated rings. The average Bonchev–Trinajstić information content (AvgIpc) is 2.83. The van der Waals surface area contributed by atoms with Gasteiger partial charge >= 0.3 is 0 Å². The van der Waals surface area contributed by atoms with Crippen LogP contribution in [0.1, 0.15) is 22.8 Å². The topological polar surface area (TPSA) is 110 Å². The number of primary amides is 1. The Kier molecular flexibility index (Phi) is 6.40. The Labute approximate surface area is 191 Å². The number of carbonyl (C=O) groups excluding carboxylic acids is 2. The first-order valence-electron chi connectivity index (χ1n) is 10.4. The zero-order valence-electron chi connectivity index (χ0n) is 18.1. The molecule has 3 aromatic carbocycles. The lowest BCUT2D eigenvalue weighted by Crippen LogP contribution is -2.10. The molecule has 2 amide bonds. The maximum Gasteiger partial charge on any atom is 0.248 e. The summed E-state index contributed by atoms with van der Waals surface area (Å²) in [5.74, 6) is -0.0589. The van der Waals surface area contributed by atoms with Crippen LogP contribution in [0.3, 0.4) is 0 Å². The third-order valence-electron chi connectivity index (χ3n) is 5.01. The number of anilines is 2. The van der Waals surface area contributed by atoms with Gasteiger partial charge in [-0.25, -0.2) is 9.97 Å². The zero-order chi connectivity index (χ0) is 23.2. The van der Waals surface area contributed by atoms with Crippen LogP contribution in [0.15, 0.2) is 85.1 Å². The molecule has 0 aliphatic carbocycles. The zero-order valence-corrected chi connectivity index (χ0v) is 18.1. The molecule has 1 heterocycles. The number of aromatic nitrogens is 2. The molecule has 0 radical (unpaired) electrons. The molecular weight excluding hydrogens is 414 g/mol. The SMILES string of the molecule is CC(=O)Nc1cccc(-c2cccc(CNc3nccc(-c4ccc(C(N)=O)cc4)n3)c2)c1. The van der Waals surface area contributed by atoms with Gasteiger partial charge < -0.3 is 16.4 Å². The lowest BCUT2D eigenvalue weighted by molar-refractivity contribution is -0.114. The third-order valence-corrected chi connectivity index (χ3v) is 5.01. The standard InChI is InChI=1S/C26H23N5O2/c1-17(32)30-23-7-3-6-22(15-23)21-5-2-4-18(14-21)16-29-26-28-13-12-24(31-26)19-8-10-20(11-9-19)25(27)33/h2-15H,16H2,1H3,(H2,27,33)(H,30,32)(H,28,29,31). The highest BCUT2D eigenvalue weighted by Gasteiger charge is 2.06. The summed E-state index contributed by atoms with van der Waals surface area (Å²) in [5, 5.41) is 6.08. The molecular formula is C26H23N5O2. The molecule has 0 saturated carbocycles. The van der Waals surface area contributed by atoms with Gasteiger partial charge in [0, 0.05) is 36.5 Å². The van der Waals surface area contributed by atoms with Crippen LogP contribution in [-0.2, 0) is 11.3 Å². The predicted octanol–water partition coefficient (Wildman–Crippen LogP) is 4.48. The molecule has 0 saturated heterocycles. The van der Waals surface area contributed by atoms with Crippen molar-refractivity contribution in [3.05, 3.63) is 96.2 Å². The van der Waals surface area contributed by atoms with E-state index in [1.165, 1.54) is 6.92 Å². The Hall–Kier alpha value is -4.52. The van der Waals surface area contributed by atoms with E-state index < -0.39 is 5.91 Å². The fourth-order valence-corrected chi connectivity index (χ4v) is 3.43. The monoisotopic (exact) mass is 437 g/mol. The van der Waals surface area contributed by atoms with Crippen LogP contribution < -0.4 is 16.4 Å². The van der Waals surface area contributed by atoms with E-state index in [4.69, 9.17) is 5.73 Å². The molecule has 164 valence electrons. The van der Waals surface area contributed by atoms with Crippen molar-refractivity contribution in [1.82, 2.24) is 9.97 Å². The summed E-state index contributed by atoms with van der Waals surface area (Å²) in [6, 6.07) is 24.7. The van der Waals surface area contributed by atoms with E-state index >= 15 is 0 Å². The van der Waals surface area contributed by atoms with Gasteiger partial charge in [-0.2, -0.15) is 0 Å². The number of nitrogens with two attached hydrogens (primary N) is 1. The Morgan fingerprint density at radius 3 is 2.33 bits per heavy atom. The van der Waals surface area contributed by atoms with Crippen LogP contribution in [0.4, 0.5) is 11.6 Å². The summed E-state index contributed by atoms with van der Waals surface area (Å²) >= 11 is 0. The predicted molar refractivity (Wildman–Crippen MR) is 129 cm³/mol. The molecule has 7 heteroatoms. The Bertz CT molecular complexity index is 1300. The molecule has 0 aliphatic rings. The lowest BCUT2D eigenvalue weighted by Gasteiger charge is -2.10. The highest BCUT2D eigenvalue weighted by molar-refractivity contribution is 5.93. The van der Waals surface area contributed by atoms with E-state index in [2.05, 4.69) is 26.7 Å². The van der Waals surface area contributed by atoms with Crippen molar-refractivity contribution in [2.45, 2.75) is 13.5 Å². The molecule has 0 unspecified atom stereocenters. The first kappa shape index (κ1) is 21.7. The molecule has 0 aliphatic heterocycles. The van der Waals surface area contributed by atoms with Gasteiger partial charge in [0.25, 0.3) is 0 Å². The van der Waals surface area contributed by atoms with Crippen molar-refractivity contribution < 1.29 is 9.59 Å². The van der Waals surface area contributed by atoms with E-state index in [9.17, 15) is 9.59 Å². The molecule has 0 atom stereocenters. The normalized spacial score (nSPS) is 10.5. The van der Waals surface area contributed by atoms with Crippen LogP contribution in [0.5, 0.6) is 0 Å². The van der Waals surface area contributed by atoms with Crippen molar-refractivity contribution in [3.8, 4) is 22.4 Å². The Balaban J connectivity index is 1.47. The van der Waals surface area contributed by atoms with Crippen molar-refractivity contribution in [1.29, 1.82) is 0 Å². The van der Waals surface area contributed by atoms with E-state index in [0.29, 0.717) is 18.1 Å². The first-order valence-corrected chi connectivity index (χ1v) is 10.4. The van der Waals surface area contributed by atoms with Crippen molar-refractivity contribution in [3.63, 3.8) is 0 Å². The summed E-state index contributed by atoms with van der Waals surface area (Å²) in [6.07, 6.45) is 1.69. The van der Waals surface area contributed by atoms with Crippen molar-refractivity contribution >= 4 is 23.5 Å². The lowest BCUT2D eigenvalue weighted by atomic mass is 10.0. The quantitative estimate of drug-likeness (QED) is 0.395. The number of hydrogen-bond acceptors (Lipinski definition) is 5. The summed E-state index contributed by atoms with van der Waals surface area (Å²) in [4.78, 5) is 31.5. The minimum Gasteiger partial charge on any atom is -0.366 e. The van der Waals surface area contributed by atoms with Crippen molar-refractivity contribution in [2.24, 2.45) is 5.73 Å². The molecule has 7 nitrogen and oxygen atoms in total. The van der Waals surface area contributed by atoms with Gasteiger partial charge in [-0.05, 0) is 53.1 Å². The third kappa shape index (κ3) is 5.59. The first-order chi connectivity index (χ1) is 16.0. The molecule has 4 aromatic rings. The van der Waals surface area contributed by atoms with E-state index in [-0.39, 0.29) is 5.91 Å². The van der Waals surface area contributed by atoms with E-state index in [1.807, 2.05) is 60.7 Å². The molecule has 0 spiro atoms. The van der Waals surface area contributed by atoms with Gasteiger partial charge in [-0.1, -0.05) is 42.5 Å². The summed E-state index contributed by atoms with van der Waals surface area (Å²) in [6.45, 7) is 2.04. The Morgan fingerprint density at radius 1 is 0.879 bits per heavy atom. The minimum atomic E-state index is -0.462. The van der Waals surface area contributed by atoms with Crippen LogP contribution in [0.2, 0.25) is 0 Å². The van der Waals surface area contributed by atoms with Gasteiger partial charge in [-0.3, -0.25) is 9.59 Å². The number of nitrogens with one attached hydrogen (secondary N) is 2. The van der Waals surface area contributed by atoms with E-state index in [0.717, 1.165) is 33.6 Å². The van der Waals surface area contributed by atoms with Crippen LogP contribution >= 0.6 is 0 Å². The highest BCUT2D eigenvalue weighted by atomic mass is 16.1. The maximum atomic E-state index is 11.3. The largest absolute Gasteiger partial charge is 0.366 e. The second kappa shape index (κ2) is 9.74. The van der Waals surface area contributed by atoms with Gasteiger partial charge in [0.15, 0.2) is 0 Å². The number of nitrogens with zero attached hydrogens (tertiary/aromatic N) is 2. The fourth-order valence-electron chi connectivity index (χ4n) is 3.43. The number of carbonyl (C=O) groups is 2. The number of benzene rings is 3. The van der Waals surface area contributed by atoms with E-state index in [1.54, 1.807) is 18.3 Å². The van der Waals surface area contributed by atoms with Crippen LogP contribution in [0.25, 0.3) is 22.4 Å². The minimum absolute atomic E-state index is 0.101. The van der Waals surface area contributed by atoms with Crippen LogP contribution in [0, 0.1) is 0 Å². The summed E-state index contributed by atoms with van der Waals surface area (Å²) < 4.78 is 0. The smallest absolute Gasteiger partial charge is 0.248 e. The highest BCUT2D eigenvalue weighted by Crippen LogP contribution is 2.24. The molecule has 33 heavy (non-hydrogen) atoms. The molecule has 0 bridgehead atoms. The number of rotatable bonds is 7. The fraction of sp³-hybridized carbons (Fsp3) is 0.0769. The van der Waals surface area contributed by atoms with Gasteiger partial charge in [-0.15, -0.1) is 0 Å². The molecule has 4 rings (SSSR count). The summed E-state index contributed by atoms with van der Waals surface area (Å²) in [5.41, 5.74) is 11.3. The number of hydrogen-bond donors (Lipinski definition) is 3. The maximum absolute atomic E-state index is 11.3. The van der Waals surface area contributed by atoms with Gasteiger partial charge in [0.1, 0.15) is 0 Å².